The van der Waals surface area contributed by atoms with Crippen LogP contribution in [0.15, 0.2) is 21.9 Å². The lowest BCUT2D eigenvalue weighted by atomic mass is 9.89. The molecule has 4 rings (SSSR count). The first-order valence-corrected chi connectivity index (χ1v) is 11.2. The molecule has 2 aliphatic rings. The third kappa shape index (κ3) is 4.36. The zero-order valence-electron chi connectivity index (χ0n) is 15.8. The standard InChI is InChI=1S/C21H28N4OS/c22-14-17-21(26-20(24-17)16-8-3-1-4-9-16)23-15-18(19-10-7-13-27-19)25-11-5-2-6-12-25/h7,10,13,16,18,23H,1-6,8-9,11-12,15H2. The van der Waals surface area contributed by atoms with E-state index in [1.165, 1.54) is 43.4 Å². The van der Waals surface area contributed by atoms with Crippen molar-refractivity contribution in [1.29, 1.82) is 5.26 Å². The van der Waals surface area contributed by atoms with Gasteiger partial charge in [0.1, 0.15) is 6.07 Å². The molecule has 1 aliphatic carbocycles. The van der Waals surface area contributed by atoms with Crippen LogP contribution in [0, 0.1) is 11.3 Å². The Morgan fingerprint density at radius 3 is 2.70 bits per heavy atom. The molecule has 1 unspecified atom stereocenters. The van der Waals surface area contributed by atoms with Gasteiger partial charge in [-0.25, -0.2) is 4.98 Å². The van der Waals surface area contributed by atoms with Crippen molar-refractivity contribution in [1.82, 2.24) is 9.88 Å². The highest BCUT2D eigenvalue weighted by molar-refractivity contribution is 7.10. The number of thiophene rings is 1. The van der Waals surface area contributed by atoms with Crippen LogP contribution in [0.5, 0.6) is 0 Å². The number of oxazole rings is 1. The molecular weight excluding hydrogens is 356 g/mol. The summed E-state index contributed by atoms with van der Waals surface area (Å²) < 4.78 is 6.04. The summed E-state index contributed by atoms with van der Waals surface area (Å²) >= 11 is 1.80. The first-order valence-electron chi connectivity index (χ1n) is 10.3. The van der Waals surface area contributed by atoms with Crippen LogP contribution in [-0.2, 0) is 0 Å². The summed E-state index contributed by atoms with van der Waals surface area (Å²) in [6.45, 7) is 3.02. The summed E-state index contributed by atoms with van der Waals surface area (Å²) in [5, 5.41) is 15.1. The van der Waals surface area contributed by atoms with E-state index in [9.17, 15) is 5.26 Å². The van der Waals surface area contributed by atoms with Gasteiger partial charge in [0.05, 0.1) is 6.04 Å². The Morgan fingerprint density at radius 1 is 1.22 bits per heavy atom. The fraction of sp³-hybridized carbons (Fsp3) is 0.619. The van der Waals surface area contributed by atoms with E-state index in [0.717, 1.165) is 38.4 Å². The summed E-state index contributed by atoms with van der Waals surface area (Å²) in [6.07, 6.45) is 9.85. The summed E-state index contributed by atoms with van der Waals surface area (Å²) in [5.74, 6) is 1.67. The van der Waals surface area contributed by atoms with Crippen molar-refractivity contribution in [2.45, 2.75) is 63.3 Å². The summed E-state index contributed by atoms with van der Waals surface area (Å²) in [4.78, 5) is 8.44. The van der Waals surface area contributed by atoms with E-state index in [1.54, 1.807) is 11.3 Å². The number of nitrogens with one attached hydrogen (secondary N) is 1. The predicted molar refractivity (Wildman–Crippen MR) is 108 cm³/mol. The number of nitriles is 1. The summed E-state index contributed by atoms with van der Waals surface area (Å²) in [7, 11) is 0. The van der Waals surface area contributed by atoms with Gasteiger partial charge in [-0.05, 0) is 50.2 Å². The smallest absolute Gasteiger partial charge is 0.232 e. The van der Waals surface area contributed by atoms with E-state index >= 15 is 0 Å². The normalized spacial score (nSPS) is 20.3. The van der Waals surface area contributed by atoms with E-state index in [2.05, 4.69) is 38.8 Å². The molecular formula is C21H28N4OS. The van der Waals surface area contributed by atoms with Crippen molar-refractivity contribution in [3.05, 3.63) is 34.0 Å². The van der Waals surface area contributed by atoms with Crippen molar-refractivity contribution in [2.75, 3.05) is 25.0 Å². The fourth-order valence-corrected chi connectivity index (χ4v) is 5.23. The van der Waals surface area contributed by atoms with Gasteiger partial charge in [-0.2, -0.15) is 5.26 Å². The average Bonchev–Trinajstić information content (AvgIpc) is 3.40. The first-order chi connectivity index (χ1) is 13.3. The largest absolute Gasteiger partial charge is 0.424 e. The van der Waals surface area contributed by atoms with Gasteiger partial charge in [0.15, 0.2) is 0 Å². The van der Waals surface area contributed by atoms with Crippen molar-refractivity contribution >= 4 is 17.2 Å². The molecule has 5 nitrogen and oxygen atoms in total. The first kappa shape index (κ1) is 18.5. The molecule has 1 aliphatic heterocycles. The van der Waals surface area contributed by atoms with Gasteiger partial charge in [-0.3, -0.25) is 4.90 Å². The van der Waals surface area contributed by atoms with Gasteiger partial charge < -0.3 is 9.73 Å². The molecule has 6 heteroatoms. The van der Waals surface area contributed by atoms with E-state index in [-0.39, 0.29) is 0 Å². The fourth-order valence-electron chi connectivity index (χ4n) is 4.37. The second kappa shape index (κ2) is 8.90. The number of piperidine rings is 1. The van der Waals surface area contributed by atoms with Crippen molar-refractivity contribution in [3.63, 3.8) is 0 Å². The van der Waals surface area contributed by atoms with Gasteiger partial charge in [0.25, 0.3) is 0 Å². The quantitative estimate of drug-likeness (QED) is 0.732. The number of nitrogens with zero attached hydrogens (tertiary/aromatic N) is 3. The van der Waals surface area contributed by atoms with Crippen molar-refractivity contribution in [3.8, 4) is 6.07 Å². The van der Waals surface area contributed by atoms with E-state index in [0.29, 0.717) is 23.5 Å². The number of anilines is 1. The number of hydrogen-bond acceptors (Lipinski definition) is 6. The Morgan fingerprint density at radius 2 is 2.00 bits per heavy atom. The van der Waals surface area contributed by atoms with E-state index in [4.69, 9.17) is 4.42 Å². The molecule has 2 fully saturated rings. The number of likely N-dealkylation sites (tertiary alicyclic amines) is 1. The third-order valence-electron chi connectivity index (χ3n) is 5.86. The predicted octanol–water partition coefficient (Wildman–Crippen LogP) is 5.29. The van der Waals surface area contributed by atoms with Crippen LogP contribution >= 0.6 is 11.3 Å². The molecule has 2 aromatic rings. The minimum Gasteiger partial charge on any atom is -0.424 e. The highest BCUT2D eigenvalue weighted by Crippen LogP contribution is 2.35. The summed E-state index contributed by atoms with van der Waals surface area (Å²) in [5.41, 5.74) is 0.402. The monoisotopic (exact) mass is 384 g/mol. The van der Waals surface area contributed by atoms with Crippen molar-refractivity contribution in [2.24, 2.45) is 0 Å². The molecule has 3 heterocycles. The van der Waals surface area contributed by atoms with E-state index in [1.807, 2.05) is 0 Å². The lowest BCUT2D eigenvalue weighted by Crippen LogP contribution is -2.36. The zero-order chi connectivity index (χ0) is 18.5. The number of rotatable bonds is 6. The Hall–Kier alpha value is -1.84. The molecule has 0 amide bonds. The third-order valence-corrected chi connectivity index (χ3v) is 6.84. The SMILES string of the molecule is N#Cc1nc(C2CCCCC2)oc1NCC(c1cccs1)N1CCCCC1. The molecule has 2 aromatic heterocycles. The highest BCUT2D eigenvalue weighted by atomic mass is 32.1. The minimum atomic E-state index is 0.320. The molecule has 0 radical (unpaired) electrons. The van der Waals surface area contributed by atoms with Crippen LogP contribution < -0.4 is 5.32 Å². The van der Waals surface area contributed by atoms with Crippen LogP contribution in [0.25, 0.3) is 0 Å². The Balaban J connectivity index is 1.48. The highest BCUT2D eigenvalue weighted by Gasteiger charge is 2.26. The Bertz CT molecular complexity index is 752. The lowest BCUT2D eigenvalue weighted by Gasteiger charge is -2.34. The molecule has 27 heavy (non-hydrogen) atoms. The number of aromatic nitrogens is 1. The van der Waals surface area contributed by atoms with Gasteiger partial charge in [0, 0.05) is 17.3 Å². The molecule has 1 N–H and O–H groups in total. The van der Waals surface area contributed by atoms with Crippen LogP contribution in [0.1, 0.15) is 79.8 Å². The average molecular weight is 385 g/mol. The molecule has 0 aromatic carbocycles. The van der Waals surface area contributed by atoms with Crippen molar-refractivity contribution < 1.29 is 4.42 Å². The van der Waals surface area contributed by atoms with Gasteiger partial charge in [0.2, 0.25) is 17.5 Å². The molecule has 1 atom stereocenters. The topological polar surface area (TPSA) is 65.1 Å². The van der Waals surface area contributed by atoms with Crippen LogP contribution in [0.4, 0.5) is 5.88 Å². The van der Waals surface area contributed by atoms with E-state index < -0.39 is 0 Å². The Kier molecular flexibility index (Phi) is 6.10. The van der Waals surface area contributed by atoms with Crippen LogP contribution in [0.2, 0.25) is 0 Å². The lowest BCUT2D eigenvalue weighted by molar-refractivity contribution is 0.172. The Labute approximate surface area is 165 Å². The van der Waals surface area contributed by atoms with Gasteiger partial charge in [-0.15, -0.1) is 11.3 Å². The zero-order valence-corrected chi connectivity index (χ0v) is 16.6. The molecule has 144 valence electrons. The summed E-state index contributed by atoms with van der Waals surface area (Å²) in [6, 6.07) is 6.87. The molecule has 1 saturated carbocycles. The molecule has 0 spiro atoms. The molecule has 1 saturated heterocycles. The molecule has 0 bridgehead atoms. The number of hydrogen-bond donors (Lipinski definition) is 1. The minimum absolute atomic E-state index is 0.320. The van der Waals surface area contributed by atoms with Crippen LogP contribution in [-0.4, -0.2) is 29.5 Å². The maximum absolute atomic E-state index is 9.51. The second-order valence-electron chi connectivity index (χ2n) is 7.69. The second-order valence-corrected chi connectivity index (χ2v) is 8.66. The van der Waals surface area contributed by atoms with Gasteiger partial charge >= 0.3 is 0 Å². The van der Waals surface area contributed by atoms with Crippen LogP contribution in [0.3, 0.4) is 0 Å². The maximum Gasteiger partial charge on any atom is 0.232 e. The van der Waals surface area contributed by atoms with Gasteiger partial charge in [-0.1, -0.05) is 31.7 Å². The maximum atomic E-state index is 9.51.